The van der Waals surface area contributed by atoms with Crippen LogP contribution in [0.1, 0.15) is 26.4 Å². The molecule has 0 spiro atoms. The Balaban J connectivity index is 1.47. The Labute approximate surface area is 154 Å². The van der Waals surface area contributed by atoms with Gasteiger partial charge >= 0.3 is 0 Å². The van der Waals surface area contributed by atoms with Crippen LogP contribution in [0.3, 0.4) is 0 Å². The molecule has 2 amide bonds. The Kier molecular flexibility index (Phi) is 4.14. The molecule has 0 radical (unpaired) electrons. The molecule has 0 saturated heterocycles. The third kappa shape index (κ3) is 2.93. The van der Waals surface area contributed by atoms with Gasteiger partial charge in [0, 0.05) is 11.1 Å². The van der Waals surface area contributed by atoms with Gasteiger partial charge in [-0.05, 0) is 36.4 Å². The van der Waals surface area contributed by atoms with Gasteiger partial charge in [-0.15, -0.1) is 11.3 Å². The van der Waals surface area contributed by atoms with Crippen LogP contribution in [0.15, 0.2) is 53.9 Å². The Morgan fingerprint density at radius 1 is 1.04 bits per heavy atom. The molecule has 0 aliphatic carbocycles. The molecule has 130 valence electrons. The monoisotopic (exact) mass is 365 g/mol. The van der Waals surface area contributed by atoms with Gasteiger partial charge in [0.25, 0.3) is 11.8 Å². The molecule has 1 aliphatic heterocycles. The zero-order valence-corrected chi connectivity index (χ0v) is 14.7. The van der Waals surface area contributed by atoms with E-state index in [1.165, 1.54) is 16.2 Å². The van der Waals surface area contributed by atoms with Crippen molar-refractivity contribution in [2.45, 2.75) is 6.54 Å². The largest absolute Gasteiger partial charge is 0.497 e. The van der Waals surface area contributed by atoms with Crippen LogP contribution in [-0.2, 0) is 6.54 Å². The van der Waals surface area contributed by atoms with Crippen molar-refractivity contribution in [3.05, 3.63) is 70.7 Å². The highest BCUT2D eigenvalue weighted by atomic mass is 32.1. The number of aromatic nitrogens is 1. The van der Waals surface area contributed by atoms with E-state index in [9.17, 15) is 9.59 Å². The number of hydrogen-bond acceptors (Lipinski definition) is 6. The van der Waals surface area contributed by atoms with Crippen molar-refractivity contribution >= 4 is 34.0 Å². The van der Waals surface area contributed by atoms with Crippen molar-refractivity contribution in [2.75, 3.05) is 12.4 Å². The standard InChI is InChI=1S/C19H15N3O3S/c1-25-14-8-6-12(7-9-14)20-19-21-13(11-26-19)10-22-17(23)15-4-2-3-5-16(15)18(22)24/h2-9,11H,10H2,1H3,(H,20,21). The van der Waals surface area contributed by atoms with Crippen LogP contribution in [0, 0.1) is 0 Å². The van der Waals surface area contributed by atoms with Gasteiger partial charge in [0.15, 0.2) is 5.13 Å². The zero-order chi connectivity index (χ0) is 18.1. The van der Waals surface area contributed by atoms with E-state index < -0.39 is 0 Å². The average Bonchev–Trinajstić information content (AvgIpc) is 3.21. The second-order valence-electron chi connectivity index (χ2n) is 5.74. The van der Waals surface area contributed by atoms with Crippen LogP contribution in [0.5, 0.6) is 5.75 Å². The highest BCUT2D eigenvalue weighted by Crippen LogP contribution is 2.27. The van der Waals surface area contributed by atoms with Gasteiger partial charge in [0.1, 0.15) is 5.75 Å². The van der Waals surface area contributed by atoms with Gasteiger partial charge < -0.3 is 10.1 Å². The topological polar surface area (TPSA) is 71.5 Å². The van der Waals surface area contributed by atoms with Crippen LogP contribution in [0.4, 0.5) is 10.8 Å². The second-order valence-corrected chi connectivity index (χ2v) is 6.60. The molecule has 4 rings (SSSR count). The fourth-order valence-corrected chi connectivity index (χ4v) is 3.50. The maximum absolute atomic E-state index is 12.4. The fraction of sp³-hybridized carbons (Fsp3) is 0.105. The number of thiazole rings is 1. The van der Waals surface area contributed by atoms with E-state index >= 15 is 0 Å². The number of imide groups is 1. The minimum atomic E-state index is -0.275. The Morgan fingerprint density at radius 2 is 1.69 bits per heavy atom. The number of amides is 2. The Hall–Kier alpha value is -3.19. The summed E-state index contributed by atoms with van der Waals surface area (Å²) < 4.78 is 5.13. The lowest BCUT2D eigenvalue weighted by atomic mass is 10.1. The molecule has 1 aromatic heterocycles. The zero-order valence-electron chi connectivity index (χ0n) is 13.9. The van der Waals surface area contributed by atoms with Crippen molar-refractivity contribution in [1.82, 2.24) is 9.88 Å². The highest BCUT2D eigenvalue weighted by Gasteiger charge is 2.35. The summed E-state index contributed by atoms with van der Waals surface area (Å²) in [5, 5.41) is 5.74. The van der Waals surface area contributed by atoms with E-state index in [4.69, 9.17) is 4.74 Å². The van der Waals surface area contributed by atoms with E-state index in [0.29, 0.717) is 22.0 Å². The smallest absolute Gasteiger partial charge is 0.261 e. The summed E-state index contributed by atoms with van der Waals surface area (Å²) in [5.41, 5.74) is 2.45. The SMILES string of the molecule is COc1ccc(Nc2nc(CN3C(=O)c4ccccc4C3=O)cs2)cc1. The lowest BCUT2D eigenvalue weighted by Gasteiger charge is -2.11. The Morgan fingerprint density at radius 3 is 2.31 bits per heavy atom. The number of methoxy groups -OCH3 is 1. The van der Waals surface area contributed by atoms with E-state index in [1.807, 2.05) is 29.6 Å². The first-order valence-corrected chi connectivity index (χ1v) is 8.84. The van der Waals surface area contributed by atoms with E-state index in [1.54, 1.807) is 31.4 Å². The normalized spacial score (nSPS) is 13.0. The molecule has 1 aliphatic rings. The van der Waals surface area contributed by atoms with Crippen LogP contribution in [0.2, 0.25) is 0 Å². The molecule has 26 heavy (non-hydrogen) atoms. The summed E-state index contributed by atoms with van der Waals surface area (Å²) in [6, 6.07) is 14.4. The lowest BCUT2D eigenvalue weighted by molar-refractivity contribution is 0.0640. The predicted molar refractivity (Wildman–Crippen MR) is 99.0 cm³/mol. The number of rotatable bonds is 5. The summed E-state index contributed by atoms with van der Waals surface area (Å²) in [5.74, 6) is 0.229. The molecule has 0 atom stereocenters. The van der Waals surface area contributed by atoms with Crippen molar-refractivity contribution in [1.29, 1.82) is 0 Å². The third-order valence-corrected chi connectivity index (χ3v) is 4.90. The summed E-state index contributed by atoms with van der Waals surface area (Å²) in [6.07, 6.45) is 0. The number of nitrogens with one attached hydrogen (secondary N) is 1. The average molecular weight is 365 g/mol. The summed E-state index contributed by atoms with van der Waals surface area (Å²) in [4.78, 5) is 30.6. The van der Waals surface area contributed by atoms with Gasteiger partial charge in [-0.3, -0.25) is 14.5 Å². The number of carbonyl (C=O) groups is 2. The number of anilines is 2. The van der Waals surface area contributed by atoms with Gasteiger partial charge in [-0.25, -0.2) is 4.98 Å². The summed E-state index contributed by atoms with van der Waals surface area (Å²) in [7, 11) is 1.62. The molecule has 0 bridgehead atoms. The molecular weight excluding hydrogens is 350 g/mol. The van der Waals surface area contributed by atoms with Crippen LogP contribution < -0.4 is 10.1 Å². The minimum absolute atomic E-state index is 0.160. The highest BCUT2D eigenvalue weighted by molar-refractivity contribution is 7.13. The van der Waals surface area contributed by atoms with Gasteiger partial charge in [0.05, 0.1) is 30.5 Å². The molecule has 0 unspecified atom stereocenters. The molecule has 1 N–H and O–H groups in total. The van der Waals surface area contributed by atoms with Gasteiger partial charge in [0.2, 0.25) is 0 Å². The number of benzene rings is 2. The lowest BCUT2D eigenvalue weighted by Crippen LogP contribution is -2.29. The fourth-order valence-electron chi connectivity index (χ4n) is 2.78. The first-order chi connectivity index (χ1) is 12.7. The third-order valence-electron chi connectivity index (χ3n) is 4.09. The molecule has 6 nitrogen and oxygen atoms in total. The molecule has 2 aromatic carbocycles. The molecule has 0 saturated carbocycles. The molecule has 2 heterocycles. The number of hydrogen-bond donors (Lipinski definition) is 1. The Bertz CT molecular complexity index is 947. The summed E-state index contributed by atoms with van der Waals surface area (Å²) in [6.45, 7) is 0.160. The molecule has 3 aromatic rings. The van der Waals surface area contributed by atoms with Crippen molar-refractivity contribution in [3.8, 4) is 5.75 Å². The maximum Gasteiger partial charge on any atom is 0.261 e. The second kappa shape index (κ2) is 6.61. The first-order valence-electron chi connectivity index (χ1n) is 7.96. The van der Waals surface area contributed by atoms with E-state index in [-0.39, 0.29) is 18.4 Å². The van der Waals surface area contributed by atoms with Gasteiger partial charge in [-0.2, -0.15) is 0 Å². The number of carbonyl (C=O) groups excluding carboxylic acids is 2. The quantitative estimate of drug-likeness (QED) is 0.698. The molecule has 7 heteroatoms. The van der Waals surface area contributed by atoms with Gasteiger partial charge in [-0.1, -0.05) is 12.1 Å². The van der Waals surface area contributed by atoms with Crippen LogP contribution in [-0.4, -0.2) is 28.8 Å². The maximum atomic E-state index is 12.4. The predicted octanol–water partition coefficient (Wildman–Crippen LogP) is 3.69. The molecule has 0 fully saturated rings. The van der Waals surface area contributed by atoms with E-state index in [2.05, 4.69) is 10.3 Å². The number of nitrogens with zero attached hydrogens (tertiary/aromatic N) is 2. The van der Waals surface area contributed by atoms with Crippen molar-refractivity contribution in [3.63, 3.8) is 0 Å². The molecular formula is C19H15N3O3S. The summed E-state index contributed by atoms with van der Waals surface area (Å²) >= 11 is 1.42. The van der Waals surface area contributed by atoms with Crippen molar-refractivity contribution in [2.24, 2.45) is 0 Å². The number of ether oxygens (including phenoxy) is 1. The van der Waals surface area contributed by atoms with Crippen LogP contribution >= 0.6 is 11.3 Å². The minimum Gasteiger partial charge on any atom is -0.497 e. The number of fused-ring (bicyclic) bond motifs is 1. The first kappa shape index (κ1) is 16.3. The van der Waals surface area contributed by atoms with E-state index in [0.717, 1.165) is 11.4 Å². The van der Waals surface area contributed by atoms with Crippen molar-refractivity contribution < 1.29 is 14.3 Å². The van der Waals surface area contributed by atoms with Crippen LogP contribution in [0.25, 0.3) is 0 Å².